The standard InChI is InChI=1S/C12H10BrNO4/c13-8-3-1-2-7(4-8)9-5-10(15)14(12(9)18)6-11(16)17/h1-4,9H,5-6H2,(H,16,17). The van der Waals surface area contributed by atoms with Gasteiger partial charge in [0.2, 0.25) is 11.8 Å². The quantitative estimate of drug-likeness (QED) is 0.856. The normalized spacial score (nSPS) is 19.4. The molecule has 0 bridgehead atoms. The molecule has 94 valence electrons. The summed E-state index contributed by atoms with van der Waals surface area (Å²) in [6.45, 7) is -0.567. The van der Waals surface area contributed by atoms with Crippen LogP contribution in [0.1, 0.15) is 17.9 Å². The van der Waals surface area contributed by atoms with Gasteiger partial charge in [-0.05, 0) is 17.7 Å². The molecule has 0 aromatic heterocycles. The van der Waals surface area contributed by atoms with E-state index in [0.29, 0.717) is 0 Å². The number of amides is 2. The summed E-state index contributed by atoms with van der Waals surface area (Å²) in [5.74, 6) is -2.64. The Morgan fingerprint density at radius 3 is 2.78 bits per heavy atom. The molecule has 1 aliphatic heterocycles. The molecule has 0 spiro atoms. The third-order valence-corrected chi connectivity index (χ3v) is 3.28. The Kier molecular flexibility index (Phi) is 3.47. The van der Waals surface area contributed by atoms with Crippen LogP contribution >= 0.6 is 15.9 Å². The molecule has 1 aromatic carbocycles. The molecule has 0 saturated carbocycles. The maximum atomic E-state index is 12.0. The van der Waals surface area contributed by atoms with Gasteiger partial charge in [-0.3, -0.25) is 19.3 Å². The number of carboxylic acids is 1. The zero-order valence-corrected chi connectivity index (χ0v) is 10.9. The van der Waals surface area contributed by atoms with Gasteiger partial charge in [0.25, 0.3) is 0 Å². The number of likely N-dealkylation sites (tertiary alicyclic amines) is 1. The predicted molar refractivity (Wildman–Crippen MR) is 65.9 cm³/mol. The van der Waals surface area contributed by atoms with Crippen LogP contribution in [0, 0.1) is 0 Å². The third kappa shape index (κ3) is 2.43. The Labute approximate surface area is 112 Å². The number of carbonyl (C=O) groups is 3. The third-order valence-electron chi connectivity index (χ3n) is 2.79. The fourth-order valence-corrected chi connectivity index (χ4v) is 2.39. The van der Waals surface area contributed by atoms with Gasteiger partial charge in [-0.1, -0.05) is 28.1 Å². The molecule has 6 heteroatoms. The minimum atomic E-state index is -1.19. The number of imide groups is 1. The summed E-state index contributed by atoms with van der Waals surface area (Å²) in [6, 6.07) is 7.11. The first-order valence-corrected chi connectivity index (χ1v) is 6.10. The van der Waals surface area contributed by atoms with E-state index >= 15 is 0 Å². The van der Waals surface area contributed by atoms with Crippen LogP contribution in [0.3, 0.4) is 0 Å². The SMILES string of the molecule is O=C(O)CN1C(=O)CC(c2cccc(Br)c2)C1=O. The number of benzene rings is 1. The van der Waals surface area contributed by atoms with Crippen molar-refractivity contribution >= 4 is 33.7 Å². The average molecular weight is 312 g/mol. The van der Waals surface area contributed by atoms with Crippen molar-refractivity contribution in [2.24, 2.45) is 0 Å². The molecule has 1 atom stereocenters. The van der Waals surface area contributed by atoms with Crippen molar-refractivity contribution in [3.63, 3.8) is 0 Å². The molecule has 2 amide bonds. The maximum absolute atomic E-state index is 12.0. The summed E-state index contributed by atoms with van der Waals surface area (Å²) in [5, 5.41) is 8.66. The Balaban J connectivity index is 2.25. The van der Waals surface area contributed by atoms with E-state index in [2.05, 4.69) is 15.9 Å². The second kappa shape index (κ2) is 4.89. The van der Waals surface area contributed by atoms with Crippen molar-refractivity contribution in [2.45, 2.75) is 12.3 Å². The molecule has 1 N–H and O–H groups in total. The highest BCUT2D eigenvalue weighted by molar-refractivity contribution is 9.10. The lowest BCUT2D eigenvalue weighted by Crippen LogP contribution is -2.35. The van der Waals surface area contributed by atoms with Crippen molar-refractivity contribution < 1.29 is 19.5 Å². The van der Waals surface area contributed by atoms with Gasteiger partial charge in [-0.25, -0.2) is 0 Å². The number of carboxylic acid groups (broad SMARTS) is 1. The number of rotatable bonds is 3. The number of halogens is 1. The van der Waals surface area contributed by atoms with E-state index in [1.807, 2.05) is 6.07 Å². The van der Waals surface area contributed by atoms with E-state index in [-0.39, 0.29) is 6.42 Å². The Bertz CT molecular complexity index is 529. The Morgan fingerprint density at radius 2 is 2.17 bits per heavy atom. The predicted octanol–water partition coefficient (Wildman–Crippen LogP) is 1.38. The van der Waals surface area contributed by atoms with E-state index in [4.69, 9.17) is 5.11 Å². The van der Waals surface area contributed by atoms with Crippen LogP contribution in [0.15, 0.2) is 28.7 Å². The van der Waals surface area contributed by atoms with Crippen LogP contribution in [0.4, 0.5) is 0 Å². The van der Waals surface area contributed by atoms with Gasteiger partial charge in [0.15, 0.2) is 0 Å². The van der Waals surface area contributed by atoms with Gasteiger partial charge in [0.05, 0.1) is 5.92 Å². The fourth-order valence-electron chi connectivity index (χ4n) is 1.97. The minimum Gasteiger partial charge on any atom is -0.480 e. The van der Waals surface area contributed by atoms with Gasteiger partial charge < -0.3 is 5.11 Å². The Morgan fingerprint density at radius 1 is 1.44 bits per heavy atom. The maximum Gasteiger partial charge on any atom is 0.323 e. The molecule has 1 heterocycles. The molecular formula is C12H10BrNO4. The lowest BCUT2D eigenvalue weighted by Gasteiger charge is -2.12. The van der Waals surface area contributed by atoms with Crippen LogP contribution in [-0.4, -0.2) is 34.3 Å². The second-order valence-electron chi connectivity index (χ2n) is 4.02. The van der Waals surface area contributed by atoms with E-state index in [9.17, 15) is 14.4 Å². The number of hydrogen-bond donors (Lipinski definition) is 1. The number of aliphatic carboxylic acids is 1. The zero-order chi connectivity index (χ0) is 13.3. The van der Waals surface area contributed by atoms with E-state index in [1.54, 1.807) is 18.2 Å². The molecule has 0 radical (unpaired) electrons. The van der Waals surface area contributed by atoms with Crippen molar-refractivity contribution in [1.82, 2.24) is 4.90 Å². The fraction of sp³-hybridized carbons (Fsp3) is 0.250. The highest BCUT2D eigenvalue weighted by atomic mass is 79.9. The molecule has 1 aliphatic rings. The molecule has 2 rings (SSSR count). The highest BCUT2D eigenvalue weighted by Gasteiger charge is 2.40. The lowest BCUT2D eigenvalue weighted by atomic mass is 9.98. The summed E-state index contributed by atoms with van der Waals surface area (Å²) in [4.78, 5) is 35.0. The molecule has 1 fully saturated rings. The van der Waals surface area contributed by atoms with Crippen molar-refractivity contribution in [3.05, 3.63) is 34.3 Å². The molecule has 1 aromatic rings. The van der Waals surface area contributed by atoms with Gasteiger partial charge >= 0.3 is 5.97 Å². The van der Waals surface area contributed by atoms with Crippen LogP contribution in [0.5, 0.6) is 0 Å². The molecule has 18 heavy (non-hydrogen) atoms. The molecule has 1 saturated heterocycles. The first-order valence-electron chi connectivity index (χ1n) is 5.30. The first-order chi connectivity index (χ1) is 8.49. The second-order valence-corrected chi connectivity index (χ2v) is 4.94. The summed E-state index contributed by atoms with van der Waals surface area (Å²) in [6.07, 6.45) is 0.0303. The Hall–Kier alpha value is -1.69. The van der Waals surface area contributed by atoms with Crippen molar-refractivity contribution in [2.75, 3.05) is 6.54 Å². The van der Waals surface area contributed by atoms with Crippen LogP contribution in [-0.2, 0) is 14.4 Å². The van der Waals surface area contributed by atoms with Crippen LogP contribution in [0.25, 0.3) is 0 Å². The topological polar surface area (TPSA) is 74.7 Å². The van der Waals surface area contributed by atoms with E-state index in [0.717, 1.165) is 14.9 Å². The number of nitrogens with zero attached hydrogens (tertiary/aromatic N) is 1. The highest BCUT2D eigenvalue weighted by Crippen LogP contribution is 2.30. The average Bonchev–Trinajstić information content (AvgIpc) is 2.56. The minimum absolute atomic E-state index is 0.0303. The summed E-state index contributed by atoms with van der Waals surface area (Å²) in [5.41, 5.74) is 0.718. The van der Waals surface area contributed by atoms with Gasteiger partial charge in [0, 0.05) is 10.9 Å². The zero-order valence-electron chi connectivity index (χ0n) is 9.30. The molecule has 5 nitrogen and oxygen atoms in total. The summed E-state index contributed by atoms with van der Waals surface area (Å²) in [7, 11) is 0. The van der Waals surface area contributed by atoms with Crippen LogP contribution in [0.2, 0.25) is 0 Å². The van der Waals surface area contributed by atoms with E-state index in [1.165, 1.54) is 0 Å². The van der Waals surface area contributed by atoms with Gasteiger partial charge in [0.1, 0.15) is 6.54 Å². The largest absolute Gasteiger partial charge is 0.480 e. The summed E-state index contributed by atoms with van der Waals surface area (Å²) < 4.78 is 0.817. The smallest absolute Gasteiger partial charge is 0.323 e. The van der Waals surface area contributed by atoms with Crippen molar-refractivity contribution in [3.8, 4) is 0 Å². The van der Waals surface area contributed by atoms with Crippen molar-refractivity contribution in [1.29, 1.82) is 0 Å². The first kappa shape index (κ1) is 12.8. The van der Waals surface area contributed by atoms with Crippen LogP contribution < -0.4 is 0 Å². The number of hydrogen-bond acceptors (Lipinski definition) is 3. The lowest BCUT2D eigenvalue weighted by molar-refractivity contribution is -0.148. The van der Waals surface area contributed by atoms with Gasteiger partial charge in [-0.15, -0.1) is 0 Å². The number of carbonyl (C=O) groups excluding carboxylic acids is 2. The molecule has 0 aliphatic carbocycles. The summed E-state index contributed by atoms with van der Waals surface area (Å²) >= 11 is 3.30. The monoisotopic (exact) mass is 311 g/mol. The molecular weight excluding hydrogens is 302 g/mol. The van der Waals surface area contributed by atoms with E-state index < -0.39 is 30.2 Å². The van der Waals surface area contributed by atoms with Gasteiger partial charge in [-0.2, -0.15) is 0 Å². The molecule has 1 unspecified atom stereocenters.